The Labute approximate surface area is 142 Å². The number of fused-ring (bicyclic) bond motifs is 1. The number of rotatable bonds is 8. The van der Waals surface area contributed by atoms with Gasteiger partial charge in [0.05, 0.1) is 37.5 Å². The Kier molecular flexibility index (Phi) is 4.49. The van der Waals surface area contributed by atoms with Gasteiger partial charge in [0.15, 0.2) is 0 Å². The fourth-order valence-electron chi connectivity index (χ4n) is 3.39. The van der Waals surface area contributed by atoms with Gasteiger partial charge in [0.1, 0.15) is 5.69 Å². The minimum absolute atomic E-state index is 0.136. The monoisotopic (exact) mass is 328 g/mol. The second-order valence-electron chi connectivity index (χ2n) is 6.74. The quantitative estimate of drug-likeness (QED) is 0.551. The summed E-state index contributed by atoms with van der Waals surface area (Å²) < 4.78 is 13.1. The summed E-state index contributed by atoms with van der Waals surface area (Å²) in [5.74, 6) is 0.801. The van der Waals surface area contributed by atoms with Crippen molar-refractivity contribution in [2.45, 2.75) is 38.4 Å². The van der Waals surface area contributed by atoms with E-state index in [1.54, 1.807) is 18.6 Å². The number of aromatic nitrogens is 3. The first-order valence-corrected chi connectivity index (χ1v) is 8.71. The van der Waals surface area contributed by atoms with Crippen molar-refractivity contribution in [2.75, 3.05) is 19.8 Å². The van der Waals surface area contributed by atoms with Gasteiger partial charge in [-0.3, -0.25) is 4.90 Å². The number of ether oxygens (including phenoxy) is 1. The third-order valence-corrected chi connectivity index (χ3v) is 4.87. The summed E-state index contributed by atoms with van der Waals surface area (Å²) in [6, 6.07) is 2.15. The van der Waals surface area contributed by atoms with Crippen LogP contribution in [0.3, 0.4) is 0 Å². The molecule has 0 aromatic carbocycles. The molecule has 1 aliphatic carbocycles. The fraction of sp³-hybridized carbons (Fsp3) is 0.556. The second-order valence-corrected chi connectivity index (χ2v) is 6.74. The Balaban J connectivity index is 1.54. The van der Waals surface area contributed by atoms with Crippen LogP contribution >= 0.6 is 0 Å². The normalized spacial score (nSPS) is 20.9. The zero-order valence-electron chi connectivity index (χ0n) is 13.9. The molecule has 3 heterocycles. The molecular formula is C18H24N4O2. The molecule has 1 aliphatic heterocycles. The maximum absolute atomic E-state index is 5.77. The van der Waals surface area contributed by atoms with Crippen molar-refractivity contribution in [2.24, 2.45) is 5.92 Å². The Hall–Kier alpha value is -1.92. The molecule has 128 valence electrons. The third kappa shape index (κ3) is 3.30. The SMILES string of the molecule is C=CCOC[C@@H]1c2nnn(CC3CC3)c2CCN1Cc1ccoc1. The molecule has 2 aliphatic rings. The van der Waals surface area contributed by atoms with Gasteiger partial charge in [-0.2, -0.15) is 0 Å². The molecule has 1 atom stereocenters. The average Bonchev–Trinajstić information content (AvgIpc) is 3.08. The summed E-state index contributed by atoms with van der Waals surface area (Å²) in [5, 5.41) is 8.95. The van der Waals surface area contributed by atoms with Crippen LogP contribution in [0.5, 0.6) is 0 Å². The van der Waals surface area contributed by atoms with Gasteiger partial charge < -0.3 is 9.15 Å². The average molecular weight is 328 g/mol. The van der Waals surface area contributed by atoms with E-state index in [2.05, 4.69) is 26.5 Å². The van der Waals surface area contributed by atoms with Crippen LogP contribution in [-0.4, -0.2) is 39.7 Å². The summed E-state index contributed by atoms with van der Waals surface area (Å²) in [7, 11) is 0. The molecule has 0 unspecified atom stereocenters. The molecule has 0 N–H and O–H groups in total. The topological polar surface area (TPSA) is 56.3 Å². The van der Waals surface area contributed by atoms with E-state index in [0.29, 0.717) is 13.2 Å². The Morgan fingerprint density at radius 3 is 3.08 bits per heavy atom. The summed E-state index contributed by atoms with van der Waals surface area (Å²) >= 11 is 0. The number of hydrogen-bond donors (Lipinski definition) is 0. The fourth-order valence-corrected chi connectivity index (χ4v) is 3.39. The van der Waals surface area contributed by atoms with Crippen LogP contribution < -0.4 is 0 Å². The molecule has 0 radical (unpaired) electrons. The van der Waals surface area contributed by atoms with Crippen LogP contribution in [0.4, 0.5) is 0 Å². The molecule has 1 saturated carbocycles. The molecule has 24 heavy (non-hydrogen) atoms. The molecule has 6 nitrogen and oxygen atoms in total. The van der Waals surface area contributed by atoms with Crippen molar-refractivity contribution in [3.05, 3.63) is 48.2 Å². The van der Waals surface area contributed by atoms with E-state index < -0.39 is 0 Å². The smallest absolute Gasteiger partial charge is 0.105 e. The minimum Gasteiger partial charge on any atom is -0.472 e. The van der Waals surface area contributed by atoms with Gasteiger partial charge in [0.2, 0.25) is 0 Å². The highest BCUT2D eigenvalue weighted by Crippen LogP contribution is 2.34. The lowest BCUT2D eigenvalue weighted by molar-refractivity contribution is 0.0597. The van der Waals surface area contributed by atoms with Crippen LogP contribution in [0, 0.1) is 5.92 Å². The van der Waals surface area contributed by atoms with Gasteiger partial charge in [-0.1, -0.05) is 11.3 Å². The zero-order valence-corrected chi connectivity index (χ0v) is 13.9. The first-order valence-electron chi connectivity index (χ1n) is 8.71. The first kappa shape index (κ1) is 15.6. The van der Waals surface area contributed by atoms with E-state index in [1.165, 1.54) is 24.1 Å². The number of hydrogen-bond acceptors (Lipinski definition) is 5. The van der Waals surface area contributed by atoms with E-state index in [0.717, 1.165) is 37.7 Å². The van der Waals surface area contributed by atoms with Crippen molar-refractivity contribution in [3.63, 3.8) is 0 Å². The van der Waals surface area contributed by atoms with Crippen LogP contribution in [0.2, 0.25) is 0 Å². The van der Waals surface area contributed by atoms with E-state index >= 15 is 0 Å². The largest absolute Gasteiger partial charge is 0.472 e. The Morgan fingerprint density at radius 1 is 1.42 bits per heavy atom. The first-order chi connectivity index (χ1) is 11.8. The lowest BCUT2D eigenvalue weighted by Crippen LogP contribution is -2.38. The number of nitrogens with zero attached hydrogens (tertiary/aromatic N) is 4. The van der Waals surface area contributed by atoms with E-state index in [9.17, 15) is 0 Å². The molecule has 0 bridgehead atoms. The van der Waals surface area contributed by atoms with E-state index in [1.807, 2.05) is 6.07 Å². The lowest BCUT2D eigenvalue weighted by atomic mass is 10.0. The molecule has 6 heteroatoms. The highest BCUT2D eigenvalue weighted by atomic mass is 16.5. The van der Waals surface area contributed by atoms with Crippen LogP contribution in [0.25, 0.3) is 0 Å². The predicted molar refractivity (Wildman–Crippen MR) is 89.3 cm³/mol. The molecule has 0 saturated heterocycles. The molecule has 2 aromatic rings. The lowest BCUT2D eigenvalue weighted by Gasteiger charge is -2.34. The van der Waals surface area contributed by atoms with Gasteiger partial charge in [0, 0.05) is 31.6 Å². The predicted octanol–water partition coefficient (Wildman–Crippen LogP) is 2.58. The Morgan fingerprint density at radius 2 is 2.33 bits per heavy atom. The highest BCUT2D eigenvalue weighted by molar-refractivity contribution is 5.20. The van der Waals surface area contributed by atoms with Gasteiger partial charge >= 0.3 is 0 Å². The second kappa shape index (κ2) is 6.91. The molecule has 2 aromatic heterocycles. The maximum Gasteiger partial charge on any atom is 0.105 e. The molecule has 0 spiro atoms. The summed E-state index contributed by atoms with van der Waals surface area (Å²) in [6.45, 7) is 7.74. The Bertz CT molecular complexity index is 675. The van der Waals surface area contributed by atoms with Crippen LogP contribution in [0.1, 0.15) is 35.8 Å². The summed E-state index contributed by atoms with van der Waals surface area (Å²) in [4.78, 5) is 2.41. The summed E-state index contributed by atoms with van der Waals surface area (Å²) in [5.41, 5.74) is 3.55. The van der Waals surface area contributed by atoms with Crippen LogP contribution in [0.15, 0.2) is 35.7 Å². The molecule has 0 amide bonds. The van der Waals surface area contributed by atoms with Gasteiger partial charge in [-0.15, -0.1) is 11.7 Å². The van der Waals surface area contributed by atoms with E-state index in [-0.39, 0.29) is 6.04 Å². The molecule has 1 fully saturated rings. The highest BCUT2D eigenvalue weighted by Gasteiger charge is 2.33. The maximum atomic E-state index is 5.77. The van der Waals surface area contributed by atoms with Crippen molar-refractivity contribution < 1.29 is 9.15 Å². The van der Waals surface area contributed by atoms with Gasteiger partial charge in [-0.05, 0) is 24.8 Å². The molecular weight excluding hydrogens is 304 g/mol. The summed E-state index contributed by atoms with van der Waals surface area (Å²) in [6.07, 6.45) is 8.96. The number of furan rings is 1. The van der Waals surface area contributed by atoms with Crippen molar-refractivity contribution in [3.8, 4) is 0 Å². The third-order valence-electron chi connectivity index (χ3n) is 4.87. The standard InChI is InChI=1S/C18H24N4O2/c1-2-8-23-13-17-18-16(22(20-19-18)11-14-3-4-14)5-7-21(17)10-15-6-9-24-12-15/h2,6,9,12,14,17H,1,3-5,7-8,10-11,13H2/t17-/m1/s1. The molecule has 4 rings (SSSR count). The van der Waals surface area contributed by atoms with Crippen molar-refractivity contribution >= 4 is 0 Å². The van der Waals surface area contributed by atoms with Gasteiger partial charge in [-0.25, -0.2) is 4.68 Å². The van der Waals surface area contributed by atoms with Crippen molar-refractivity contribution in [1.29, 1.82) is 0 Å². The van der Waals surface area contributed by atoms with Crippen molar-refractivity contribution in [1.82, 2.24) is 19.9 Å². The van der Waals surface area contributed by atoms with E-state index in [4.69, 9.17) is 9.15 Å². The minimum atomic E-state index is 0.136. The van der Waals surface area contributed by atoms with Gasteiger partial charge in [0.25, 0.3) is 0 Å². The van der Waals surface area contributed by atoms with Crippen LogP contribution in [-0.2, 0) is 24.2 Å². The zero-order chi connectivity index (χ0) is 16.4.